The van der Waals surface area contributed by atoms with Crippen molar-refractivity contribution in [1.82, 2.24) is 4.90 Å². The number of carboxylic acids is 1. The van der Waals surface area contributed by atoms with Crippen LogP contribution in [0.5, 0.6) is 0 Å². The van der Waals surface area contributed by atoms with Gasteiger partial charge in [-0.1, -0.05) is 41.9 Å². The first-order valence-corrected chi connectivity index (χ1v) is 6.51. The number of nitrogens with zero attached hydrogens (tertiary/aromatic N) is 1. The van der Waals surface area contributed by atoms with E-state index in [0.717, 1.165) is 17.6 Å². The molecule has 0 aliphatic carbocycles. The van der Waals surface area contributed by atoms with Gasteiger partial charge in [0.1, 0.15) is 0 Å². The van der Waals surface area contributed by atoms with Gasteiger partial charge >= 0.3 is 5.97 Å². The predicted octanol–water partition coefficient (Wildman–Crippen LogP) is 2.99. The van der Waals surface area contributed by atoms with Crippen LogP contribution >= 0.6 is 15.9 Å². The van der Waals surface area contributed by atoms with Crippen LogP contribution in [0.3, 0.4) is 0 Å². The molecule has 1 aromatic carbocycles. The zero-order chi connectivity index (χ0) is 12.8. The third-order valence-corrected chi connectivity index (χ3v) is 3.19. The normalized spacial score (nSPS) is 12.7. The molecule has 0 aromatic heterocycles. The minimum Gasteiger partial charge on any atom is -0.481 e. The summed E-state index contributed by atoms with van der Waals surface area (Å²) in [6.07, 6.45) is 0. The maximum atomic E-state index is 10.8. The Morgan fingerprint density at radius 2 is 2.24 bits per heavy atom. The Balaban J connectivity index is 2.61. The molecule has 1 unspecified atom stereocenters. The molecule has 0 saturated heterocycles. The zero-order valence-electron chi connectivity index (χ0n) is 10.2. The number of hydrogen-bond acceptors (Lipinski definition) is 2. The van der Waals surface area contributed by atoms with E-state index in [9.17, 15) is 4.79 Å². The topological polar surface area (TPSA) is 40.5 Å². The minimum absolute atomic E-state index is 0.331. The fourth-order valence-electron chi connectivity index (χ4n) is 1.66. The highest BCUT2D eigenvalue weighted by Gasteiger charge is 2.15. The highest BCUT2D eigenvalue weighted by Crippen LogP contribution is 2.14. The molecule has 3 nitrogen and oxygen atoms in total. The van der Waals surface area contributed by atoms with E-state index in [0.29, 0.717) is 6.54 Å². The third-order valence-electron chi connectivity index (χ3n) is 2.70. The quantitative estimate of drug-likeness (QED) is 0.878. The zero-order valence-corrected chi connectivity index (χ0v) is 11.8. The van der Waals surface area contributed by atoms with Crippen molar-refractivity contribution in [2.45, 2.75) is 20.4 Å². The number of aliphatic carboxylic acids is 1. The van der Waals surface area contributed by atoms with Gasteiger partial charge in [-0.2, -0.15) is 0 Å². The SMILES string of the molecule is CCN(Cc1cccc(Br)c1)CC(C)C(=O)O. The highest BCUT2D eigenvalue weighted by molar-refractivity contribution is 9.10. The summed E-state index contributed by atoms with van der Waals surface area (Å²) in [6, 6.07) is 8.10. The molecule has 0 spiro atoms. The predicted molar refractivity (Wildman–Crippen MR) is 71.9 cm³/mol. The molecule has 0 amide bonds. The third kappa shape index (κ3) is 4.88. The summed E-state index contributed by atoms with van der Waals surface area (Å²) in [6.45, 7) is 6.01. The van der Waals surface area contributed by atoms with Gasteiger partial charge in [0.2, 0.25) is 0 Å². The van der Waals surface area contributed by atoms with Gasteiger partial charge in [-0.05, 0) is 24.2 Å². The molecule has 1 atom stereocenters. The Labute approximate surface area is 111 Å². The average molecular weight is 300 g/mol. The highest BCUT2D eigenvalue weighted by atomic mass is 79.9. The largest absolute Gasteiger partial charge is 0.481 e. The molecule has 94 valence electrons. The van der Waals surface area contributed by atoms with Crippen molar-refractivity contribution >= 4 is 21.9 Å². The lowest BCUT2D eigenvalue weighted by Gasteiger charge is -2.22. The smallest absolute Gasteiger partial charge is 0.307 e. The molecule has 0 saturated carbocycles. The van der Waals surface area contributed by atoms with Crippen molar-refractivity contribution in [3.05, 3.63) is 34.3 Å². The van der Waals surface area contributed by atoms with Crippen molar-refractivity contribution in [2.24, 2.45) is 5.92 Å². The van der Waals surface area contributed by atoms with Crippen LogP contribution in [0, 0.1) is 5.92 Å². The van der Waals surface area contributed by atoms with Gasteiger partial charge in [0, 0.05) is 17.6 Å². The van der Waals surface area contributed by atoms with Gasteiger partial charge in [-0.25, -0.2) is 0 Å². The Morgan fingerprint density at radius 1 is 1.53 bits per heavy atom. The van der Waals surface area contributed by atoms with Gasteiger partial charge < -0.3 is 5.11 Å². The molecule has 0 radical (unpaired) electrons. The fourth-order valence-corrected chi connectivity index (χ4v) is 2.11. The second kappa shape index (κ2) is 6.77. The Bertz CT molecular complexity index is 381. The number of carbonyl (C=O) groups is 1. The lowest BCUT2D eigenvalue weighted by Crippen LogP contribution is -2.31. The van der Waals surface area contributed by atoms with E-state index in [1.807, 2.05) is 19.1 Å². The first-order chi connectivity index (χ1) is 8.02. The number of hydrogen-bond donors (Lipinski definition) is 1. The van der Waals surface area contributed by atoms with Crippen LogP contribution in [0.1, 0.15) is 19.4 Å². The summed E-state index contributed by atoms with van der Waals surface area (Å²) < 4.78 is 1.05. The van der Waals surface area contributed by atoms with Crippen LogP contribution in [0.25, 0.3) is 0 Å². The summed E-state index contributed by atoms with van der Waals surface area (Å²) in [4.78, 5) is 13.0. The van der Waals surface area contributed by atoms with E-state index >= 15 is 0 Å². The van der Waals surface area contributed by atoms with E-state index in [1.165, 1.54) is 5.56 Å². The number of halogens is 1. The molecule has 0 heterocycles. The molecular formula is C13H18BrNO2. The summed E-state index contributed by atoms with van der Waals surface area (Å²) >= 11 is 3.44. The van der Waals surface area contributed by atoms with E-state index in [2.05, 4.69) is 33.0 Å². The maximum absolute atomic E-state index is 10.8. The fraction of sp³-hybridized carbons (Fsp3) is 0.462. The number of rotatable bonds is 6. The maximum Gasteiger partial charge on any atom is 0.307 e. The molecule has 17 heavy (non-hydrogen) atoms. The second-order valence-corrected chi connectivity index (χ2v) is 5.11. The number of carboxylic acid groups (broad SMARTS) is 1. The van der Waals surface area contributed by atoms with Crippen molar-refractivity contribution < 1.29 is 9.90 Å². The van der Waals surface area contributed by atoms with Gasteiger partial charge in [0.15, 0.2) is 0 Å². The summed E-state index contributed by atoms with van der Waals surface area (Å²) in [7, 11) is 0. The minimum atomic E-state index is -0.738. The molecule has 4 heteroatoms. The van der Waals surface area contributed by atoms with Crippen LogP contribution < -0.4 is 0 Å². The lowest BCUT2D eigenvalue weighted by molar-refractivity contribution is -0.141. The first-order valence-electron chi connectivity index (χ1n) is 5.72. The molecule has 0 bridgehead atoms. The first kappa shape index (κ1) is 14.2. The average Bonchev–Trinajstić information content (AvgIpc) is 2.27. The molecule has 1 N–H and O–H groups in total. The van der Waals surface area contributed by atoms with Gasteiger partial charge in [-0.3, -0.25) is 9.69 Å². The lowest BCUT2D eigenvalue weighted by atomic mass is 10.1. The van der Waals surface area contributed by atoms with Crippen LogP contribution in [0.4, 0.5) is 0 Å². The van der Waals surface area contributed by atoms with E-state index < -0.39 is 5.97 Å². The van der Waals surface area contributed by atoms with Crippen molar-refractivity contribution in [2.75, 3.05) is 13.1 Å². The van der Waals surface area contributed by atoms with Crippen molar-refractivity contribution in [3.8, 4) is 0 Å². The summed E-state index contributed by atoms with van der Waals surface area (Å²) in [5, 5.41) is 8.90. The Morgan fingerprint density at radius 3 is 2.76 bits per heavy atom. The molecular weight excluding hydrogens is 282 g/mol. The van der Waals surface area contributed by atoms with Gasteiger partial charge in [0.25, 0.3) is 0 Å². The van der Waals surface area contributed by atoms with E-state index in [1.54, 1.807) is 6.92 Å². The number of benzene rings is 1. The second-order valence-electron chi connectivity index (χ2n) is 4.20. The molecule has 1 aromatic rings. The molecule has 0 fully saturated rings. The summed E-state index contributed by atoms with van der Waals surface area (Å²) in [5.74, 6) is -1.07. The van der Waals surface area contributed by atoms with Crippen LogP contribution in [-0.4, -0.2) is 29.1 Å². The molecule has 0 aliphatic rings. The van der Waals surface area contributed by atoms with Crippen LogP contribution in [-0.2, 0) is 11.3 Å². The summed E-state index contributed by atoms with van der Waals surface area (Å²) in [5.41, 5.74) is 1.19. The van der Waals surface area contributed by atoms with E-state index in [-0.39, 0.29) is 5.92 Å². The Kier molecular flexibility index (Phi) is 5.65. The monoisotopic (exact) mass is 299 g/mol. The van der Waals surface area contributed by atoms with Crippen molar-refractivity contribution in [3.63, 3.8) is 0 Å². The van der Waals surface area contributed by atoms with Crippen LogP contribution in [0.2, 0.25) is 0 Å². The van der Waals surface area contributed by atoms with E-state index in [4.69, 9.17) is 5.11 Å². The van der Waals surface area contributed by atoms with Gasteiger partial charge in [-0.15, -0.1) is 0 Å². The standard InChI is InChI=1S/C13H18BrNO2/c1-3-15(8-10(2)13(16)17)9-11-5-4-6-12(14)7-11/h4-7,10H,3,8-9H2,1-2H3,(H,16,17). The molecule has 0 aliphatic heterocycles. The van der Waals surface area contributed by atoms with Crippen LogP contribution in [0.15, 0.2) is 28.7 Å². The Hall–Kier alpha value is -0.870. The molecule has 1 rings (SSSR count). The van der Waals surface area contributed by atoms with Crippen molar-refractivity contribution in [1.29, 1.82) is 0 Å². The van der Waals surface area contributed by atoms with Gasteiger partial charge in [0.05, 0.1) is 5.92 Å².